The van der Waals surface area contributed by atoms with Crippen molar-refractivity contribution in [2.45, 2.75) is 38.1 Å². The molecule has 0 bridgehead atoms. The highest BCUT2D eigenvalue weighted by Crippen LogP contribution is 2.38. The predicted molar refractivity (Wildman–Crippen MR) is 116 cm³/mol. The number of sulfonamides is 1. The van der Waals surface area contributed by atoms with Gasteiger partial charge in [-0.2, -0.15) is 15.5 Å². The van der Waals surface area contributed by atoms with Crippen LogP contribution in [0.3, 0.4) is 0 Å². The van der Waals surface area contributed by atoms with Crippen molar-refractivity contribution in [1.29, 1.82) is 5.26 Å². The molecule has 10 nitrogen and oxygen atoms in total. The number of amides is 1. The van der Waals surface area contributed by atoms with E-state index in [0.29, 0.717) is 35.5 Å². The summed E-state index contributed by atoms with van der Waals surface area (Å²) >= 11 is 0. The van der Waals surface area contributed by atoms with Crippen molar-refractivity contribution in [3.8, 4) is 17.2 Å². The summed E-state index contributed by atoms with van der Waals surface area (Å²) < 4.78 is 29.1. The van der Waals surface area contributed by atoms with E-state index < -0.39 is 10.0 Å². The lowest BCUT2D eigenvalue weighted by Crippen LogP contribution is -2.17. The molecular weight excluding hydrogens is 418 g/mol. The molecule has 1 aliphatic carbocycles. The highest BCUT2D eigenvalue weighted by Gasteiger charge is 2.27. The quantitative estimate of drug-likeness (QED) is 0.516. The summed E-state index contributed by atoms with van der Waals surface area (Å²) in [4.78, 5) is 11.2. The largest absolute Gasteiger partial charge is 0.327 e. The normalized spacial score (nSPS) is 15.6. The minimum Gasteiger partial charge on any atom is -0.327 e. The van der Waals surface area contributed by atoms with Crippen LogP contribution in [0, 0.1) is 17.2 Å². The van der Waals surface area contributed by atoms with E-state index in [1.54, 1.807) is 18.3 Å². The smallest absolute Gasteiger partial charge is 0.230 e. The maximum atomic E-state index is 11.7. The molecule has 1 atom stereocenters. The number of nitriles is 1. The number of carbonyl (C=O) groups excluding carboxylic acids is 1. The predicted octanol–water partition coefficient (Wildman–Crippen LogP) is 2.78. The van der Waals surface area contributed by atoms with Crippen LogP contribution in [0.5, 0.6) is 0 Å². The van der Waals surface area contributed by atoms with Crippen LogP contribution < -0.4 is 10.0 Å². The molecule has 3 aromatic rings. The third-order valence-corrected chi connectivity index (χ3v) is 6.24. The fraction of sp³-hybridized carbons (Fsp3) is 0.400. The Morgan fingerprint density at radius 3 is 2.74 bits per heavy atom. The Bertz CT molecular complexity index is 1250. The molecule has 1 aliphatic rings. The van der Waals surface area contributed by atoms with E-state index in [9.17, 15) is 18.5 Å². The van der Waals surface area contributed by atoms with Crippen LogP contribution in [-0.4, -0.2) is 40.5 Å². The summed E-state index contributed by atoms with van der Waals surface area (Å²) in [6.07, 6.45) is 11.5. The third kappa shape index (κ3) is 4.25. The van der Waals surface area contributed by atoms with Crippen molar-refractivity contribution < 1.29 is 13.2 Å². The Labute approximate surface area is 179 Å². The Morgan fingerprint density at radius 1 is 1.29 bits per heavy atom. The highest BCUT2D eigenvalue weighted by atomic mass is 32.2. The maximum Gasteiger partial charge on any atom is 0.230 e. The van der Waals surface area contributed by atoms with Crippen LogP contribution in [0.1, 0.15) is 38.1 Å². The van der Waals surface area contributed by atoms with Gasteiger partial charge in [-0.25, -0.2) is 12.9 Å². The first kappa shape index (κ1) is 20.9. The lowest BCUT2D eigenvalue weighted by atomic mass is 9.96. The average molecular weight is 442 g/mol. The molecule has 0 saturated heterocycles. The Balaban J connectivity index is 1.80. The van der Waals surface area contributed by atoms with E-state index in [0.717, 1.165) is 24.7 Å². The van der Waals surface area contributed by atoms with Gasteiger partial charge in [0.25, 0.3) is 0 Å². The zero-order chi connectivity index (χ0) is 22.0. The second kappa shape index (κ2) is 8.39. The number of rotatable bonds is 8. The van der Waals surface area contributed by atoms with Gasteiger partial charge < -0.3 is 5.32 Å². The number of hydrogen-bond donors (Lipinski definition) is 2. The van der Waals surface area contributed by atoms with Gasteiger partial charge in [0, 0.05) is 17.3 Å². The van der Waals surface area contributed by atoms with Crippen LogP contribution >= 0.6 is 0 Å². The first-order chi connectivity index (χ1) is 14.9. The summed E-state index contributed by atoms with van der Waals surface area (Å²) in [5.41, 5.74) is 2.48. The Kier molecular flexibility index (Phi) is 5.65. The number of carbonyl (C=O) groups is 1. The number of nitrogens with zero attached hydrogens (tertiary/aromatic N) is 5. The molecule has 3 heterocycles. The van der Waals surface area contributed by atoms with Crippen LogP contribution in [0.4, 0.5) is 11.5 Å². The number of nitrogens with one attached hydrogen (secondary N) is 2. The maximum absolute atomic E-state index is 11.7. The fourth-order valence-corrected chi connectivity index (χ4v) is 4.90. The SMILES string of the molecule is CS(=O)(=O)Nc1ccc2c(-c3cnn(C(CC#N)C4CCCC4)c3)c(NC=O)cnn12. The molecule has 1 fully saturated rings. The molecule has 0 radical (unpaired) electrons. The van der Waals surface area contributed by atoms with Crippen LogP contribution in [-0.2, 0) is 14.8 Å². The number of anilines is 2. The van der Waals surface area contributed by atoms with Crippen LogP contribution in [0.25, 0.3) is 16.6 Å². The third-order valence-electron chi connectivity index (χ3n) is 5.66. The van der Waals surface area contributed by atoms with Gasteiger partial charge >= 0.3 is 0 Å². The van der Waals surface area contributed by atoms with Gasteiger partial charge in [0.1, 0.15) is 5.82 Å². The lowest BCUT2D eigenvalue weighted by Gasteiger charge is -2.21. The fourth-order valence-electron chi connectivity index (χ4n) is 4.36. The van der Waals surface area contributed by atoms with Crippen molar-refractivity contribution in [1.82, 2.24) is 19.4 Å². The molecule has 1 amide bonds. The van der Waals surface area contributed by atoms with E-state index in [4.69, 9.17) is 0 Å². The van der Waals surface area contributed by atoms with E-state index >= 15 is 0 Å². The molecule has 0 aromatic carbocycles. The van der Waals surface area contributed by atoms with Gasteiger partial charge in [0.05, 0.1) is 48.4 Å². The van der Waals surface area contributed by atoms with Crippen LogP contribution in [0.2, 0.25) is 0 Å². The van der Waals surface area contributed by atoms with E-state index in [1.165, 1.54) is 23.6 Å². The molecule has 11 heteroatoms. The Morgan fingerprint density at radius 2 is 2.06 bits per heavy atom. The monoisotopic (exact) mass is 441 g/mol. The molecule has 3 aromatic heterocycles. The zero-order valence-corrected chi connectivity index (χ0v) is 17.8. The molecule has 4 rings (SSSR count). The van der Waals surface area contributed by atoms with Gasteiger partial charge in [-0.1, -0.05) is 12.8 Å². The first-order valence-electron chi connectivity index (χ1n) is 10.0. The standard InChI is InChI=1S/C20H23N7O3S/c1-31(29,30)25-19-7-6-18-20(16(22-13-28)11-24-27(18)19)15-10-23-26(12-15)17(8-9-21)14-4-2-3-5-14/h6-7,10-14,17,25H,2-5,8H2,1H3,(H,22,28). The second-order valence-electron chi connectivity index (χ2n) is 7.77. The van der Waals surface area contributed by atoms with Crippen molar-refractivity contribution in [2.24, 2.45) is 5.92 Å². The summed E-state index contributed by atoms with van der Waals surface area (Å²) in [5, 5.41) is 20.8. The molecule has 1 unspecified atom stereocenters. The van der Waals surface area contributed by atoms with Crippen molar-refractivity contribution in [2.75, 3.05) is 16.3 Å². The van der Waals surface area contributed by atoms with E-state index in [1.807, 2.05) is 10.9 Å². The van der Waals surface area contributed by atoms with Gasteiger partial charge in [0.15, 0.2) is 0 Å². The van der Waals surface area contributed by atoms with E-state index in [2.05, 4.69) is 26.3 Å². The van der Waals surface area contributed by atoms with Gasteiger partial charge in [-0.15, -0.1) is 0 Å². The highest BCUT2D eigenvalue weighted by molar-refractivity contribution is 7.92. The summed E-state index contributed by atoms with van der Waals surface area (Å²) in [5.74, 6) is 0.702. The minimum atomic E-state index is -3.49. The second-order valence-corrected chi connectivity index (χ2v) is 9.52. The summed E-state index contributed by atoms with van der Waals surface area (Å²) in [6.45, 7) is 0. The topological polar surface area (TPSA) is 134 Å². The molecular formula is C20H23N7O3S. The Hall–Kier alpha value is -3.39. The molecule has 2 N–H and O–H groups in total. The first-order valence-corrected chi connectivity index (χ1v) is 11.9. The minimum absolute atomic E-state index is 0.00386. The van der Waals surface area contributed by atoms with Gasteiger partial charge in [-0.3, -0.25) is 14.2 Å². The molecule has 0 spiro atoms. The van der Waals surface area contributed by atoms with Crippen molar-refractivity contribution in [3.05, 3.63) is 30.7 Å². The van der Waals surface area contributed by atoms with Crippen molar-refractivity contribution in [3.63, 3.8) is 0 Å². The molecule has 162 valence electrons. The van der Waals surface area contributed by atoms with E-state index in [-0.39, 0.29) is 11.9 Å². The molecule has 0 aliphatic heterocycles. The average Bonchev–Trinajstić information content (AvgIpc) is 3.47. The van der Waals surface area contributed by atoms with Gasteiger partial charge in [-0.05, 0) is 30.9 Å². The lowest BCUT2D eigenvalue weighted by molar-refractivity contribution is -0.105. The number of aromatic nitrogens is 4. The van der Waals surface area contributed by atoms with Crippen molar-refractivity contribution >= 4 is 33.5 Å². The molecule has 31 heavy (non-hydrogen) atoms. The number of fused-ring (bicyclic) bond motifs is 1. The zero-order valence-electron chi connectivity index (χ0n) is 17.0. The van der Waals surface area contributed by atoms with Gasteiger partial charge in [0.2, 0.25) is 16.4 Å². The summed E-state index contributed by atoms with van der Waals surface area (Å²) in [7, 11) is -3.49. The van der Waals surface area contributed by atoms with Crippen LogP contribution in [0.15, 0.2) is 30.7 Å². The molecule has 1 saturated carbocycles. The summed E-state index contributed by atoms with van der Waals surface area (Å²) in [6, 6.07) is 5.62. The number of hydrogen-bond acceptors (Lipinski definition) is 6.